The third-order valence-electron chi connectivity index (χ3n) is 10.3. The highest BCUT2D eigenvalue weighted by Gasteiger charge is 2.87. The minimum atomic E-state index is -1.24. The molecule has 1 saturated carbocycles. The second-order valence-corrected chi connectivity index (χ2v) is 11.4. The molecule has 4 fully saturated rings. The molecule has 5 aliphatic rings. The third-order valence-corrected chi connectivity index (χ3v) is 10.3. The van der Waals surface area contributed by atoms with Crippen LogP contribution in [0.5, 0.6) is 17.2 Å². The first-order valence-electron chi connectivity index (χ1n) is 13.9. The van der Waals surface area contributed by atoms with Crippen molar-refractivity contribution in [3.8, 4) is 17.2 Å². The Hall–Kier alpha value is -3.76. The Morgan fingerprint density at radius 1 is 1.10 bits per heavy atom. The van der Waals surface area contributed by atoms with E-state index in [1.54, 1.807) is 12.1 Å². The van der Waals surface area contributed by atoms with Crippen LogP contribution in [0, 0.1) is 11.3 Å². The Bertz CT molecular complexity index is 1470. The summed E-state index contributed by atoms with van der Waals surface area (Å²) in [6.45, 7) is 2.51. The molecule has 1 aliphatic carbocycles. The maximum atomic E-state index is 14.4. The number of hydrogen-bond donors (Lipinski definition) is 1. The van der Waals surface area contributed by atoms with Gasteiger partial charge in [-0.15, -0.1) is 0 Å². The standard InChI is InChI=1S/C31H34N2O8/c1-6-17-15-33-24-13-20(17)29(28(35)39-5,16-40-27(34)18-11-22(36-2)26(38-4)23(12-18)37-3)30-14-25(33)41-31(24,30)32-21-10-8-7-9-19(21)30/h6-12,20,24-25,32H,13-16H2,1-5H3/b17-6+/t20-,24?,25+,29-,30-,31-/m0/s1. The number of hydrogen-bond acceptors (Lipinski definition) is 10. The van der Waals surface area contributed by atoms with E-state index >= 15 is 0 Å². The van der Waals surface area contributed by atoms with Gasteiger partial charge in [-0.2, -0.15) is 0 Å². The lowest BCUT2D eigenvalue weighted by molar-refractivity contribution is -0.191. The van der Waals surface area contributed by atoms with Gasteiger partial charge < -0.3 is 33.7 Å². The summed E-state index contributed by atoms with van der Waals surface area (Å²) in [7, 11) is 5.88. The Morgan fingerprint density at radius 3 is 2.49 bits per heavy atom. The number of rotatable bonds is 7. The van der Waals surface area contributed by atoms with E-state index in [0.717, 1.165) is 16.8 Å². The lowest BCUT2D eigenvalue weighted by Gasteiger charge is -2.64. The van der Waals surface area contributed by atoms with E-state index in [9.17, 15) is 9.59 Å². The summed E-state index contributed by atoms with van der Waals surface area (Å²) < 4.78 is 35.0. The number of methoxy groups -OCH3 is 4. The molecule has 1 unspecified atom stereocenters. The molecule has 41 heavy (non-hydrogen) atoms. The van der Waals surface area contributed by atoms with Crippen molar-refractivity contribution in [1.82, 2.24) is 4.90 Å². The highest BCUT2D eigenvalue weighted by Crippen LogP contribution is 2.76. The van der Waals surface area contributed by atoms with Gasteiger partial charge in [-0.3, -0.25) is 9.69 Å². The molecule has 3 saturated heterocycles. The van der Waals surface area contributed by atoms with Crippen LogP contribution in [-0.2, 0) is 24.4 Å². The number of fused-ring (bicyclic) bond motifs is 4. The highest BCUT2D eigenvalue weighted by atomic mass is 16.6. The van der Waals surface area contributed by atoms with E-state index in [4.69, 9.17) is 28.4 Å². The Morgan fingerprint density at radius 2 is 1.83 bits per heavy atom. The van der Waals surface area contributed by atoms with Crippen molar-refractivity contribution in [2.45, 2.75) is 43.2 Å². The van der Waals surface area contributed by atoms with Crippen molar-refractivity contribution in [2.24, 2.45) is 11.3 Å². The molecule has 10 nitrogen and oxygen atoms in total. The van der Waals surface area contributed by atoms with Gasteiger partial charge in [0.15, 0.2) is 17.2 Å². The Balaban J connectivity index is 1.38. The van der Waals surface area contributed by atoms with Gasteiger partial charge in [0.05, 0.1) is 45.5 Å². The fourth-order valence-corrected chi connectivity index (χ4v) is 8.76. The van der Waals surface area contributed by atoms with Crippen molar-refractivity contribution >= 4 is 17.6 Å². The number of piperidine rings is 2. The van der Waals surface area contributed by atoms with E-state index in [1.165, 1.54) is 28.4 Å². The molecule has 4 bridgehead atoms. The van der Waals surface area contributed by atoms with Gasteiger partial charge in [0, 0.05) is 24.6 Å². The fraction of sp³-hybridized carbons (Fsp3) is 0.484. The first kappa shape index (κ1) is 26.2. The molecule has 1 N–H and O–H groups in total. The highest BCUT2D eigenvalue weighted by molar-refractivity contribution is 5.92. The zero-order valence-electron chi connectivity index (χ0n) is 23.8. The zero-order chi connectivity index (χ0) is 28.7. The SMILES string of the molecule is C/C=C1\CN2C3C[C@@H]1[C@@](COC(=O)c1cc(OC)c(OC)c(OC)c1)(C(=O)OC)[C@@]14C[C@H]2O[C@@]31Nc1ccccc14. The molecule has 10 heteroatoms. The van der Waals surface area contributed by atoms with Crippen molar-refractivity contribution in [3.63, 3.8) is 0 Å². The van der Waals surface area contributed by atoms with Crippen LogP contribution in [0.2, 0.25) is 0 Å². The van der Waals surface area contributed by atoms with Crippen molar-refractivity contribution in [3.05, 3.63) is 59.2 Å². The molecule has 4 heterocycles. The molecule has 1 spiro atoms. The zero-order valence-corrected chi connectivity index (χ0v) is 23.8. The van der Waals surface area contributed by atoms with Gasteiger partial charge in [-0.25, -0.2) is 4.79 Å². The second-order valence-electron chi connectivity index (χ2n) is 11.4. The summed E-state index contributed by atoms with van der Waals surface area (Å²) in [5, 5.41) is 3.73. The molecule has 0 aromatic heterocycles. The number of benzene rings is 2. The van der Waals surface area contributed by atoms with Crippen LogP contribution in [0.4, 0.5) is 5.69 Å². The molecule has 2 aromatic rings. The first-order valence-corrected chi connectivity index (χ1v) is 13.9. The number of nitrogens with one attached hydrogen (secondary N) is 1. The van der Waals surface area contributed by atoms with Gasteiger partial charge in [0.1, 0.15) is 18.2 Å². The van der Waals surface area contributed by atoms with E-state index in [2.05, 4.69) is 22.4 Å². The molecule has 0 radical (unpaired) electrons. The number of esters is 2. The Labute approximate surface area is 238 Å². The van der Waals surface area contributed by atoms with E-state index in [1.807, 2.05) is 25.1 Å². The van der Waals surface area contributed by atoms with Crippen LogP contribution in [0.15, 0.2) is 48.0 Å². The van der Waals surface area contributed by atoms with Crippen molar-refractivity contribution in [1.29, 1.82) is 0 Å². The summed E-state index contributed by atoms with van der Waals surface area (Å²) in [6.07, 6.45) is 3.18. The van der Waals surface area contributed by atoms with Crippen LogP contribution in [-0.4, -0.2) is 76.4 Å². The third kappa shape index (κ3) is 2.94. The largest absolute Gasteiger partial charge is 0.493 e. The number of allylic oxidation sites excluding steroid dienone is 1. The van der Waals surface area contributed by atoms with Gasteiger partial charge in [0.2, 0.25) is 5.75 Å². The van der Waals surface area contributed by atoms with Gasteiger partial charge in [-0.1, -0.05) is 29.8 Å². The van der Waals surface area contributed by atoms with Gasteiger partial charge in [-0.05, 0) is 37.1 Å². The molecule has 4 aliphatic heterocycles. The Kier molecular flexibility index (Phi) is 5.66. The van der Waals surface area contributed by atoms with Crippen LogP contribution < -0.4 is 19.5 Å². The summed E-state index contributed by atoms with van der Waals surface area (Å²) in [4.78, 5) is 30.5. The van der Waals surface area contributed by atoms with E-state index in [-0.39, 0.29) is 30.4 Å². The topological polar surface area (TPSA) is 105 Å². The molecule has 7 rings (SSSR count). The number of nitrogens with zero attached hydrogens (tertiary/aromatic N) is 1. The number of para-hydroxylation sites is 1. The number of carbonyl (C=O) groups excluding carboxylic acids is 2. The predicted octanol–water partition coefficient (Wildman–Crippen LogP) is 3.50. The first-order chi connectivity index (χ1) is 19.8. The maximum absolute atomic E-state index is 14.4. The van der Waals surface area contributed by atoms with Gasteiger partial charge >= 0.3 is 11.9 Å². The maximum Gasteiger partial charge on any atom is 0.338 e. The summed E-state index contributed by atoms with van der Waals surface area (Å²) in [5.74, 6) is -0.188. The average Bonchev–Trinajstić information content (AvgIpc) is 3.62. The van der Waals surface area contributed by atoms with Crippen molar-refractivity contribution < 1.29 is 38.0 Å². The van der Waals surface area contributed by atoms with Crippen LogP contribution in [0.3, 0.4) is 0 Å². The molecule has 6 atom stereocenters. The average molecular weight is 563 g/mol. The van der Waals surface area contributed by atoms with Crippen LogP contribution in [0.25, 0.3) is 0 Å². The number of carbonyl (C=O) groups is 2. The van der Waals surface area contributed by atoms with Gasteiger partial charge in [0.25, 0.3) is 0 Å². The molecule has 2 aromatic carbocycles. The van der Waals surface area contributed by atoms with Crippen LogP contribution in [0.1, 0.15) is 35.7 Å². The smallest absolute Gasteiger partial charge is 0.338 e. The summed E-state index contributed by atoms with van der Waals surface area (Å²) in [6, 6.07) is 11.2. The summed E-state index contributed by atoms with van der Waals surface area (Å²) in [5.41, 5.74) is 0.387. The second kappa shape index (κ2) is 8.87. The lowest BCUT2D eigenvalue weighted by atomic mass is 9.42. The minimum absolute atomic E-state index is 0.0611. The molecular weight excluding hydrogens is 528 g/mol. The summed E-state index contributed by atoms with van der Waals surface area (Å²) >= 11 is 0. The van der Waals surface area contributed by atoms with Crippen molar-refractivity contribution in [2.75, 3.05) is 46.9 Å². The predicted molar refractivity (Wildman–Crippen MR) is 147 cm³/mol. The normalized spacial score (nSPS) is 34.6. The molecule has 0 amide bonds. The van der Waals surface area contributed by atoms with E-state index in [0.29, 0.717) is 36.6 Å². The minimum Gasteiger partial charge on any atom is -0.493 e. The quantitative estimate of drug-likeness (QED) is 0.398. The lowest BCUT2D eigenvalue weighted by Crippen LogP contribution is -2.78. The molecular formula is C31H34N2O8. The monoisotopic (exact) mass is 562 g/mol. The fourth-order valence-electron chi connectivity index (χ4n) is 8.76. The number of anilines is 1. The van der Waals surface area contributed by atoms with E-state index < -0.39 is 28.5 Å². The number of ether oxygens (including phenoxy) is 6. The molecule has 216 valence electrons. The van der Waals surface area contributed by atoms with Crippen LogP contribution >= 0.6 is 0 Å².